The second kappa shape index (κ2) is 7.51. The minimum Gasteiger partial charge on any atom is -0.491 e. The quantitative estimate of drug-likeness (QED) is 0.710. The van der Waals surface area contributed by atoms with E-state index < -0.39 is 5.60 Å². The minimum absolute atomic E-state index is 0.171. The van der Waals surface area contributed by atoms with Crippen molar-refractivity contribution in [2.45, 2.75) is 46.3 Å². The van der Waals surface area contributed by atoms with E-state index in [0.717, 1.165) is 25.3 Å². The van der Waals surface area contributed by atoms with Crippen LogP contribution in [0.15, 0.2) is 24.3 Å². The molecule has 0 fully saturated rings. The van der Waals surface area contributed by atoms with Crippen LogP contribution in [0.2, 0.25) is 0 Å². The van der Waals surface area contributed by atoms with Crippen molar-refractivity contribution in [2.24, 2.45) is 5.92 Å². The Morgan fingerprint density at radius 3 is 2.42 bits per heavy atom. The molecule has 0 aromatic heterocycles. The number of hydrogen-bond donors (Lipinski definition) is 2. The first-order valence-corrected chi connectivity index (χ1v) is 7.10. The average molecular weight is 265 g/mol. The molecule has 1 atom stereocenters. The topological polar surface area (TPSA) is 41.5 Å². The fraction of sp³-hybridized carbons (Fsp3) is 0.625. The van der Waals surface area contributed by atoms with E-state index in [4.69, 9.17) is 4.74 Å². The molecule has 0 bridgehead atoms. The zero-order chi connectivity index (χ0) is 14.3. The van der Waals surface area contributed by atoms with E-state index in [0.29, 0.717) is 6.61 Å². The van der Waals surface area contributed by atoms with Crippen LogP contribution in [-0.4, -0.2) is 23.9 Å². The zero-order valence-electron chi connectivity index (χ0n) is 12.6. The fourth-order valence-electron chi connectivity index (χ4n) is 1.51. The molecule has 0 spiro atoms. The summed E-state index contributed by atoms with van der Waals surface area (Å²) in [6.07, 6.45) is 1.14. The number of nitrogens with one attached hydrogen (secondary N) is 1. The monoisotopic (exact) mass is 265 g/mol. The molecule has 0 aliphatic rings. The molecule has 0 saturated heterocycles. The highest BCUT2D eigenvalue weighted by Gasteiger charge is 2.25. The van der Waals surface area contributed by atoms with E-state index in [1.54, 1.807) is 6.92 Å². The summed E-state index contributed by atoms with van der Waals surface area (Å²) in [5, 5.41) is 13.5. The van der Waals surface area contributed by atoms with Crippen molar-refractivity contribution >= 4 is 0 Å². The van der Waals surface area contributed by atoms with Crippen molar-refractivity contribution in [3.8, 4) is 5.75 Å². The van der Waals surface area contributed by atoms with Gasteiger partial charge in [0, 0.05) is 6.54 Å². The van der Waals surface area contributed by atoms with Gasteiger partial charge in [0.15, 0.2) is 0 Å². The van der Waals surface area contributed by atoms with Gasteiger partial charge in [-0.3, -0.25) is 0 Å². The third-order valence-electron chi connectivity index (χ3n) is 3.45. The molecule has 0 saturated carbocycles. The molecule has 0 radical (unpaired) electrons. The van der Waals surface area contributed by atoms with E-state index in [9.17, 15) is 5.11 Å². The third-order valence-corrected chi connectivity index (χ3v) is 3.45. The Kier molecular flexibility index (Phi) is 6.32. The summed E-state index contributed by atoms with van der Waals surface area (Å²) in [5.41, 5.74) is 0.456. The van der Waals surface area contributed by atoms with Gasteiger partial charge < -0.3 is 15.2 Å². The number of hydrogen-bond acceptors (Lipinski definition) is 3. The van der Waals surface area contributed by atoms with Crippen molar-refractivity contribution in [1.29, 1.82) is 0 Å². The Balaban J connectivity index is 2.44. The van der Waals surface area contributed by atoms with Crippen LogP contribution in [0.5, 0.6) is 5.75 Å². The number of ether oxygens (including phenoxy) is 1. The lowest BCUT2D eigenvalue weighted by Gasteiger charge is -2.27. The zero-order valence-corrected chi connectivity index (χ0v) is 12.6. The Labute approximate surface area is 117 Å². The highest BCUT2D eigenvalue weighted by atomic mass is 16.5. The van der Waals surface area contributed by atoms with Gasteiger partial charge in [0.25, 0.3) is 0 Å². The molecule has 2 N–H and O–H groups in total. The van der Waals surface area contributed by atoms with E-state index >= 15 is 0 Å². The standard InChI is InChI=1S/C16H27NO2/c1-5-10-17-11-14-6-8-15(9-7-14)19-12-16(4,18)13(2)3/h6-9,13,17-18H,5,10-12H2,1-4H3. The highest BCUT2D eigenvalue weighted by Crippen LogP contribution is 2.19. The van der Waals surface area contributed by atoms with Crippen molar-refractivity contribution in [3.05, 3.63) is 29.8 Å². The smallest absolute Gasteiger partial charge is 0.119 e. The Morgan fingerprint density at radius 1 is 1.26 bits per heavy atom. The molecule has 0 heterocycles. The first-order chi connectivity index (χ1) is 8.95. The maximum atomic E-state index is 10.1. The Hall–Kier alpha value is -1.06. The first kappa shape index (κ1) is 16.0. The van der Waals surface area contributed by atoms with Gasteiger partial charge >= 0.3 is 0 Å². The van der Waals surface area contributed by atoms with E-state index in [1.807, 2.05) is 26.0 Å². The normalized spacial score (nSPS) is 14.4. The fourth-order valence-corrected chi connectivity index (χ4v) is 1.51. The SMILES string of the molecule is CCCNCc1ccc(OCC(C)(O)C(C)C)cc1. The molecular weight excluding hydrogens is 238 g/mol. The maximum Gasteiger partial charge on any atom is 0.119 e. The Bertz CT molecular complexity index is 358. The highest BCUT2D eigenvalue weighted by molar-refractivity contribution is 5.27. The predicted octanol–water partition coefficient (Wildman–Crippen LogP) is 2.97. The van der Waals surface area contributed by atoms with Gasteiger partial charge in [-0.15, -0.1) is 0 Å². The molecule has 0 amide bonds. The molecule has 19 heavy (non-hydrogen) atoms. The number of aliphatic hydroxyl groups is 1. The van der Waals surface area contributed by atoms with Gasteiger partial charge in [-0.2, -0.15) is 0 Å². The molecule has 3 heteroatoms. The van der Waals surface area contributed by atoms with Gasteiger partial charge in [-0.25, -0.2) is 0 Å². The number of benzene rings is 1. The molecule has 1 rings (SSSR count). The van der Waals surface area contributed by atoms with Crippen molar-refractivity contribution in [2.75, 3.05) is 13.2 Å². The second-order valence-corrected chi connectivity index (χ2v) is 5.62. The second-order valence-electron chi connectivity index (χ2n) is 5.62. The first-order valence-electron chi connectivity index (χ1n) is 7.10. The molecule has 0 aliphatic carbocycles. The lowest BCUT2D eigenvalue weighted by molar-refractivity contribution is -0.0266. The molecule has 108 valence electrons. The summed E-state index contributed by atoms with van der Waals surface area (Å²) in [7, 11) is 0. The van der Waals surface area contributed by atoms with Crippen LogP contribution in [0.4, 0.5) is 0 Å². The van der Waals surface area contributed by atoms with Crippen molar-refractivity contribution < 1.29 is 9.84 Å². The molecule has 3 nitrogen and oxygen atoms in total. The summed E-state index contributed by atoms with van der Waals surface area (Å²) in [6.45, 7) is 10.2. The van der Waals surface area contributed by atoms with Gasteiger partial charge in [0.2, 0.25) is 0 Å². The molecule has 0 aliphatic heterocycles. The van der Waals surface area contributed by atoms with Gasteiger partial charge in [-0.05, 0) is 43.5 Å². The van der Waals surface area contributed by atoms with E-state index in [2.05, 4.69) is 24.4 Å². The Morgan fingerprint density at radius 2 is 1.89 bits per heavy atom. The summed E-state index contributed by atoms with van der Waals surface area (Å²) in [6, 6.07) is 8.03. The predicted molar refractivity (Wildman–Crippen MR) is 79.4 cm³/mol. The van der Waals surface area contributed by atoms with Crippen LogP contribution in [0.25, 0.3) is 0 Å². The van der Waals surface area contributed by atoms with Crippen LogP contribution < -0.4 is 10.1 Å². The van der Waals surface area contributed by atoms with E-state index in [1.165, 1.54) is 5.56 Å². The molecule has 1 unspecified atom stereocenters. The van der Waals surface area contributed by atoms with Crippen molar-refractivity contribution in [1.82, 2.24) is 5.32 Å². The van der Waals surface area contributed by atoms with E-state index in [-0.39, 0.29) is 5.92 Å². The van der Waals surface area contributed by atoms with Crippen LogP contribution >= 0.6 is 0 Å². The average Bonchev–Trinajstić information content (AvgIpc) is 2.38. The lowest BCUT2D eigenvalue weighted by atomic mass is 9.94. The van der Waals surface area contributed by atoms with Gasteiger partial charge in [0.1, 0.15) is 12.4 Å². The summed E-state index contributed by atoms with van der Waals surface area (Å²) < 4.78 is 5.64. The van der Waals surface area contributed by atoms with Crippen LogP contribution in [-0.2, 0) is 6.54 Å². The minimum atomic E-state index is -0.790. The van der Waals surface area contributed by atoms with Gasteiger partial charge in [-0.1, -0.05) is 32.9 Å². The maximum absolute atomic E-state index is 10.1. The summed E-state index contributed by atoms with van der Waals surface area (Å²) in [4.78, 5) is 0. The van der Waals surface area contributed by atoms with Crippen LogP contribution in [0.3, 0.4) is 0 Å². The summed E-state index contributed by atoms with van der Waals surface area (Å²) in [5.74, 6) is 0.977. The largest absolute Gasteiger partial charge is 0.491 e. The molecule has 1 aromatic carbocycles. The molecule has 1 aromatic rings. The van der Waals surface area contributed by atoms with Crippen LogP contribution in [0, 0.1) is 5.92 Å². The molecular formula is C16H27NO2. The van der Waals surface area contributed by atoms with Crippen LogP contribution in [0.1, 0.15) is 39.7 Å². The number of rotatable bonds is 8. The third kappa shape index (κ3) is 5.62. The summed E-state index contributed by atoms with van der Waals surface area (Å²) >= 11 is 0. The van der Waals surface area contributed by atoms with Gasteiger partial charge in [0.05, 0.1) is 5.60 Å². The lowest BCUT2D eigenvalue weighted by Crippen LogP contribution is -2.37. The van der Waals surface area contributed by atoms with Crippen molar-refractivity contribution in [3.63, 3.8) is 0 Å².